The normalized spacial score (nSPS) is 13.9. The van der Waals surface area contributed by atoms with E-state index >= 15 is 0 Å². The van der Waals surface area contributed by atoms with Crippen molar-refractivity contribution >= 4 is 34.4 Å². The Morgan fingerprint density at radius 1 is 1.13 bits per heavy atom. The molecule has 2 amide bonds. The molecule has 4 heterocycles. The van der Waals surface area contributed by atoms with Gasteiger partial charge in [-0.3, -0.25) is 4.90 Å². The van der Waals surface area contributed by atoms with Crippen LogP contribution in [0.3, 0.4) is 0 Å². The fourth-order valence-electron chi connectivity index (χ4n) is 4.75. The van der Waals surface area contributed by atoms with Crippen molar-refractivity contribution < 1.29 is 18.7 Å². The molecule has 0 saturated carbocycles. The smallest absolute Gasteiger partial charge is 0.324 e. The van der Waals surface area contributed by atoms with Gasteiger partial charge in [0.25, 0.3) is 0 Å². The molecular weight excluding hydrogens is 508 g/mol. The van der Waals surface area contributed by atoms with E-state index in [0.717, 1.165) is 42.3 Å². The van der Waals surface area contributed by atoms with E-state index < -0.39 is 0 Å². The minimum absolute atomic E-state index is 0.0651. The third-order valence-corrected chi connectivity index (χ3v) is 6.93. The Hall–Kier alpha value is -3.79. The number of carbonyl (C=O) groups excluding carboxylic acids is 1. The number of pyridine rings is 1. The number of methoxy groups -OCH3 is 1. The average Bonchev–Trinajstić information content (AvgIpc) is 3.56. The molecule has 0 aliphatic carbocycles. The molecule has 11 heteroatoms. The molecule has 10 nitrogen and oxygen atoms in total. The fraction of sp³-hybridized carbons (Fsp3) is 0.407. The van der Waals surface area contributed by atoms with Gasteiger partial charge in [-0.2, -0.15) is 0 Å². The lowest BCUT2D eigenvalue weighted by atomic mass is 10.1. The summed E-state index contributed by atoms with van der Waals surface area (Å²) in [6.07, 6.45) is 8.86. The average molecular weight is 539 g/mol. The zero-order valence-electron chi connectivity index (χ0n) is 21.6. The summed E-state index contributed by atoms with van der Waals surface area (Å²) in [6.45, 7) is 4.82. The van der Waals surface area contributed by atoms with E-state index in [1.165, 1.54) is 6.39 Å². The molecule has 0 radical (unpaired) electrons. The number of halogens is 1. The van der Waals surface area contributed by atoms with Crippen LogP contribution >= 0.6 is 11.6 Å². The first kappa shape index (κ1) is 25.8. The second-order valence-corrected chi connectivity index (χ2v) is 9.61. The van der Waals surface area contributed by atoms with Gasteiger partial charge in [-0.05, 0) is 36.6 Å². The SMILES string of the molecule is CCCCCOc1cc(N2CCCN(Cc3ccnc4c3c(Cl)cn4Cc3nnco3)C2=O)ccc1OC. The second-order valence-electron chi connectivity index (χ2n) is 9.21. The quantitative estimate of drug-likeness (QED) is 0.231. The minimum atomic E-state index is -0.0651. The molecule has 0 spiro atoms. The highest BCUT2D eigenvalue weighted by Crippen LogP contribution is 2.34. The molecule has 4 aromatic rings. The number of hydrogen-bond donors (Lipinski definition) is 0. The summed E-state index contributed by atoms with van der Waals surface area (Å²) in [5, 5.41) is 9.05. The zero-order valence-corrected chi connectivity index (χ0v) is 22.4. The summed E-state index contributed by atoms with van der Waals surface area (Å²) in [6, 6.07) is 7.50. The third kappa shape index (κ3) is 5.40. The fourth-order valence-corrected chi connectivity index (χ4v) is 5.07. The van der Waals surface area contributed by atoms with Crippen LogP contribution in [0.15, 0.2) is 47.5 Å². The van der Waals surface area contributed by atoms with Crippen LogP contribution in [0.4, 0.5) is 10.5 Å². The van der Waals surface area contributed by atoms with Crippen LogP contribution in [0.5, 0.6) is 11.5 Å². The maximum atomic E-state index is 13.6. The maximum absolute atomic E-state index is 13.6. The van der Waals surface area contributed by atoms with E-state index in [4.69, 9.17) is 25.5 Å². The van der Waals surface area contributed by atoms with Crippen molar-refractivity contribution in [3.8, 4) is 11.5 Å². The Morgan fingerprint density at radius 2 is 2.03 bits per heavy atom. The largest absolute Gasteiger partial charge is 0.493 e. The molecule has 0 N–H and O–H groups in total. The Bertz CT molecular complexity index is 1390. The van der Waals surface area contributed by atoms with Crippen molar-refractivity contribution in [3.63, 3.8) is 0 Å². The van der Waals surface area contributed by atoms with Crippen LogP contribution in [0.1, 0.15) is 44.1 Å². The van der Waals surface area contributed by atoms with Gasteiger partial charge in [0.1, 0.15) is 12.2 Å². The van der Waals surface area contributed by atoms with Crippen molar-refractivity contribution in [2.24, 2.45) is 0 Å². The predicted octanol–water partition coefficient (Wildman–Crippen LogP) is 5.53. The number of hydrogen-bond acceptors (Lipinski definition) is 7. The molecule has 1 saturated heterocycles. The number of urea groups is 1. The van der Waals surface area contributed by atoms with Gasteiger partial charge in [-0.25, -0.2) is 9.78 Å². The summed E-state index contributed by atoms with van der Waals surface area (Å²) < 4.78 is 18.6. The molecule has 0 atom stereocenters. The lowest BCUT2D eigenvalue weighted by Gasteiger charge is -2.36. The van der Waals surface area contributed by atoms with Crippen molar-refractivity contribution in [2.45, 2.75) is 45.7 Å². The molecule has 1 fully saturated rings. The second kappa shape index (κ2) is 11.7. The molecule has 200 valence electrons. The topological polar surface area (TPSA) is 98.8 Å². The van der Waals surface area contributed by atoms with Gasteiger partial charge in [0, 0.05) is 49.2 Å². The number of anilines is 1. The molecule has 1 aliphatic rings. The van der Waals surface area contributed by atoms with Gasteiger partial charge in [-0.1, -0.05) is 31.4 Å². The molecule has 5 rings (SSSR count). The zero-order chi connectivity index (χ0) is 26.5. The Labute approximate surface area is 226 Å². The number of ether oxygens (including phenoxy) is 2. The van der Waals surface area contributed by atoms with Gasteiger partial charge in [0.05, 0.1) is 18.7 Å². The first-order valence-corrected chi connectivity index (χ1v) is 13.2. The standard InChI is InChI=1S/C27H31ClN6O4/c1-3-4-5-13-37-23-14-20(7-8-22(23)36-2)34-12-6-11-32(27(34)35)15-19-9-10-29-26-25(19)21(28)16-33(26)17-24-31-30-18-38-24/h7-10,14,16,18H,3-6,11-13,15,17H2,1-2H3. The Balaban J connectivity index is 1.36. The highest BCUT2D eigenvalue weighted by molar-refractivity contribution is 6.35. The Morgan fingerprint density at radius 3 is 2.82 bits per heavy atom. The van der Waals surface area contributed by atoms with Crippen LogP contribution in [-0.2, 0) is 13.1 Å². The number of aromatic nitrogens is 4. The van der Waals surface area contributed by atoms with E-state index in [1.807, 2.05) is 33.7 Å². The first-order valence-electron chi connectivity index (χ1n) is 12.8. The van der Waals surface area contributed by atoms with Crippen LogP contribution in [0, 0.1) is 0 Å². The number of carbonyl (C=O) groups is 1. The van der Waals surface area contributed by atoms with Crippen LogP contribution in [0.2, 0.25) is 5.02 Å². The van der Waals surface area contributed by atoms with Crippen LogP contribution in [0.25, 0.3) is 11.0 Å². The Kier molecular flexibility index (Phi) is 7.97. The van der Waals surface area contributed by atoms with Crippen LogP contribution < -0.4 is 14.4 Å². The summed E-state index contributed by atoms with van der Waals surface area (Å²) >= 11 is 6.64. The number of fused-ring (bicyclic) bond motifs is 1. The minimum Gasteiger partial charge on any atom is -0.493 e. The number of amides is 2. The summed E-state index contributed by atoms with van der Waals surface area (Å²) in [4.78, 5) is 21.8. The monoisotopic (exact) mass is 538 g/mol. The molecule has 1 aromatic carbocycles. The van der Waals surface area contributed by atoms with Gasteiger partial charge in [-0.15, -0.1) is 10.2 Å². The molecule has 38 heavy (non-hydrogen) atoms. The van der Waals surface area contributed by atoms with Gasteiger partial charge < -0.3 is 23.4 Å². The third-order valence-electron chi connectivity index (χ3n) is 6.64. The van der Waals surface area contributed by atoms with E-state index in [2.05, 4.69) is 22.1 Å². The molecule has 1 aliphatic heterocycles. The van der Waals surface area contributed by atoms with Gasteiger partial charge >= 0.3 is 6.03 Å². The molecule has 3 aromatic heterocycles. The van der Waals surface area contributed by atoms with Crippen molar-refractivity contribution in [3.05, 3.63) is 59.5 Å². The highest BCUT2D eigenvalue weighted by atomic mass is 35.5. The van der Waals surface area contributed by atoms with Crippen molar-refractivity contribution in [2.75, 3.05) is 31.7 Å². The number of unbranched alkanes of at least 4 members (excludes halogenated alkanes) is 2. The lowest BCUT2D eigenvalue weighted by molar-refractivity contribution is 0.192. The van der Waals surface area contributed by atoms with Gasteiger partial charge in [0.15, 0.2) is 11.5 Å². The predicted molar refractivity (Wildman–Crippen MR) is 144 cm³/mol. The first-order chi connectivity index (χ1) is 18.6. The van der Waals surface area contributed by atoms with Crippen molar-refractivity contribution in [1.82, 2.24) is 24.6 Å². The van der Waals surface area contributed by atoms with Crippen LogP contribution in [-0.4, -0.2) is 57.5 Å². The van der Waals surface area contributed by atoms with Crippen molar-refractivity contribution in [1.29, 1.82) is 0 Å². The number of benzene rings is 1. The lowest BCUT2D eigenvalue weighted by Crippen LogP contribution is -2.49. The molecule has 0 unspecified atom stereocenters. The summed E-state index contributed by atoms with van der Waals surface area (Å²) in [5.41, 5.74) is 2.41. The van der Waals surface area contributed by atoms with E-state index in [1.54, 1.807) is 24.4 Å². The number of rotatable bonds is 11. The van der Waals surface area contributed by atoms with E-state index in [-0.39, 0.29) is 6.03 Å². The van der Waals surface area contributed by atoms with Gasteiger partial charge in [0.2, 0.25) is 12.3 Å². The highest BCUT2D eigenvalue weighted by Gasteiger charge is 2.28. The molecule has 0 bridgehead atoms. The van der Waals surface area contributed by atoms with E-state index in [9.17, 15) is 4.79 Å². The number of nitrogens with zero attached hydrogens (tertiary/aromatic N) is 6. The van der Waals surface area contributed by atoms with E-state index in [0.29, 0.717) is 60.8 Å². The summed E-state index contributed by atoms with van der Waals surface area (Å²) in [5.74, 6) is 1.77. The summed E-state index contributed by atoms with van der Waals surface area (Å²) in [7, 11) is 1.62. The molecular formula is C27H31ClN6O4. The maximum Gasteiger partial charge on any atom is 0.324 e.